The van der Waals surface area contributed by atoms with Crippen molar-refractivity contribution in [1.29, 1.82) is 0 Å². The zero-order valence-corrected chi connectivity index (χ0v) is 19.8. The molecule has 1 amide bonds. The monoisotopic (exact) mass is 493 g/mol. The molecule has 0 unspecified atom stereocenters. The zero-order valence-electron chi connectivity index (χ0n) is 19.0. The number of carbonyl (C=O) groups is 1. The molecule has 0 spiro atoms. The third-order valence-electron chi connectivity index (χ3n) is 6.01. The molecule has 0 fully saturated rings. The van der Waals surface area contributed by atoms with Gasteiger partial charge in [-0.2, -0.15) is 0 Å². The van der Waals surface area contributed by atoms with Crippen molar-refractivity contribution in [3.8, 4) is 5.69 Å². The third kappa shape index (κ3) is 4.27. The number of fused-ring (bicyclic) bond motifs is 3. The number of halogens is 2. The van der Waals surface area contributed by atoms with Crippen LogP contribution in [0.5, 0.6) is 0 Å². The average Bonchev–Trinajstić information content (AvgIpc) is 3.25. The lowest BCUT2D eigenvalue weighted by atomic mass is 10.0. The molecule has 2 aromatic heterocycles. The van der Waals surface area contributed by atoms with Crippen LogP contribution in [0.25, 0.3) is 5.69 Å². The van der Waals surface area contributed by atoms with Gasteiger partial charge in [0.1, 0.15) is 29.2 Å². The van der Waals surface area contributed by atoms with Gasteiger partial charge in [-0.15, -0.1) is 11.8 Å². The van der Waals surface area contributed by atoms with Crippen LogP contribution in [0.2, 0.25) is 0 Å². The van der Waals surface area contributed by atoms with Gasteiger partial charge >= 0.3 is 0 Å². The molecular formula is C26H21F2N3O3S. The van der Waals surface area contributed by atoms with Gasteiger partial charge in [-0.25, -0.2) is 8.78 Å². The van der Waals surface area contributed by atoms with Crippen LogP contribution < -0.4 is 5.43 Å². The average molecular weight is 494 g/mol. The Bertz CT molecular complexity index is 1480. The highest BCUT2D eigenvalue weighted by atomic mass is 32.2. The van der Waals surface area contributed by atoms with Gasteiger partial charge in [0.2, 0.25) is 0 Å². The Morgan fingerprint density at radius 2 is 2.00 bits per heavy atom. The van der Waals surface area contributed by atoms with E-state index < -0.39 is 28.2 Å². The maximum atomic E-state index is 14.9. The maximum absolute atomic E-state index is 14.9. The van der Waals surface area contributed by atoms with E-state index in [1.54, 1.807) is 20.0 Å². The van der Waals surface area contributed by atoms with E-state index in [4.69, 9.17) is 4.52 Å². The minimum atomic E-state index is -0.667. The van der Waals surface area contributed by atoms with Crippen molar-refractivity contribution in [2.24, 2.45) is 0 Å². The predicted molar refractivity (Wildman–Crippen MR) is 128 cm³/mol. The normalized spacial score (nSPS) is 14.7. The number of nitrogens with zero attached hydrogens (tertiary/aromatic N) is 3. The Morgan fingerprint density at radius 1 is 1.20 bits per heavy atom. The Morgan fingerprint density at radius 3 is 2.74 bits per heavy atom. The van der Waals surface area contributed by atoms with E-state index in [9.17, 15) is 18.4 Å². The Balaban J connectivity index is 1.69. The van der Waals surface area contributed by atoms with Crippen molar-refractivity contribution in [1.82, 2.24) is 14.6 Å². The number of pyridine rings is 1. The van der Waals surface area contributed by atoms with Gasteiger partial charge in [0.05, 0.1) is 12.2 Å². The number of aromatic nitrogens is 2. The van der Waals surface area contributed by atoms with E-state index in [1.165, 1.54) is 41.1 Å². The molecule has 0 saturated heterocycles. The first-order valence-electron chi connectivity index (χ1n) is 10.9. The summed E-state index contributed by atoms with van der Waals surface area (Å²) in [5.74, 6) is -1.80. The lowest BCUT2D eigenvalue weighted by Gasteiger charge is -2.23. The van der Waals surface area contributed by atoms with Gasteiger partial charge in [-0.05, 0) is 25.1 Å². The number of carbonyl (C=O) groups excluding carboxylic acids is 1. The quantitative estimate of drug-likeness (QED) is 0.397. The van der Waals surface area contributed by atoms with E-state index >= 15 is 0 Å². The Kier molecular flexibility index (Phi) is 6.02. The van der Waals surface area contributed by atoms with Crippen molar-refractivity contribution in [2.45, 2.75) is 30.0 Å². The first kappa shape index (κ1) is 23.0. The molecule has 0 aliphatic carbocycles. The Hall–Kier alpha value is -3.72. The molecule has 3 heterocycles. The first-order chi connectivity index (χ1) is 16.8. The predicted octanol–water partition coefficient (Wildman–Crippen LogP) is 5.07. The number of benzene rings is 2. The summed E-state index contributed by atoms with van der Waals surface area (Å²) in [5.41, 5.74) is 2.41. The topological polar surface area (TPSA) is 68.3 Å². The lowest BCUT2D eigenvalue weighted by molar-refractivity contribution is 0.0779. The second kappa shape index (κ2) is 9.14. The van der Waals surface area contributed by atoms with Gasteiger partial charge in [-0.3, -0.25) is 9.59 Å². The van der Waals surface area contributed by atoms with Gasteiger partial charge < -0.3 is 14.0 Å². The van der Waals surface area contributed by atoms with Crippen LogP contribution in [0.4, 0.5) is 8.78 Å². The molecule has 4 aromatic rings. The molecule has 2 aromatic carbocycles. The van der Waals surface area contributed by atoms with E-state index in [1.807, 2.05) is 28.8 Å². The van der Waals surface area contributed by atoms with E-state index in [-0.39, 0.29) is 18.5 Å². The van der Waals surface area contributed by atoms with Crippen LogP contribution in [0.1, 0.15) is 38.3 Å². The molecule has 0 N–H and O–H groups in total. The number of hydrogen-bond acceptors (Lipinski definition) is 5. The molecule has 1 aliphatic rings. The third-order valence-corrected chi connectivity index (χ3v) is 7.32. The first-order valence-corrected chi connectivity index (χ1v) is 11.8. The summed E-state index contributed by atoms with van der Waals surface area (Å²) < 4.78 is 35.2. The molecule has 0 radical (unpaired) electrons. The van der Waals surface area contributed by atoms with Crippen molar-refractivity contribution >= 4 is 17.7 Å². The second-order valence-electron chi connectivity index (χ2n) is 8.40. The van der Waals surface area contributed by atoms with Crippen LogP contribution in [0, 0.1) is 18.6 Å². The van der Waals surface area contributed by atoms with Crippen molar-refractivity contribution in [3.05, 3.63) is 111 Å². The number of para-hydroxylation sites is 1. The fourth-order valence-electron chi connectivity index (χ4n) is 4.42. The molecule has 1 aliphatic heterocycles. The molecule has 178 valence electrons. The molecule has 5 rings (SSSR count). The highest BCUT2D eigenvalue weighted by Gasteiger charge is 2.31. The second-order valence-corrected chi connectivity index (χ2v) is 9.65. The summed E-state index contributed by atoms with van der Waals surface area (Å²) in [7, 11) is 1.59. The van der Waals surface area contributed by atoms with Crippen LogP contribution in [0.3, 0.4) is 0 Å². The van der Waals surface area contributed by atoms with Gasteiger partial charge in [0, 0.05) is 58.8 Å². The number of hydrogen-bond donors (Lipinski definition) is 0. The number of rotatable bonds is 4. The standard InChI is InChI=1S/C26H21F2N3O3S/c1-15-11-22(32)25(26(33)30(2)14-17-9-10-34-29-17)21-13-24(18-8-7-16(27)12-19(18)28)35-23-6-4-3-5-20(23)31(15)21/h3-12,24H,13-14H2,1-2H3/t24-/m0/s1. The van der Waals surface area contributed by atoms with Crippen LogP contribution in [0.15, 0.2) is 75.1 Å². The van der Waals surface area contributed by atoms with Crippen molar-refractivity contribution in [3.63, 3.8) is 0 Å². The summed E-state index contributed by atoms with van der Waals surface area (Å²) in [6.07, 6.45) is 1.61. The molecule has 9 heteroatoms. The molecule has 1 atom stereocenters. The summed E-state index contributed by atoms with van der Waals surface area (Å²) in [6, 6.07) is 14.2. The van der Waals surface area contributed by atoms with Crippen LogP contribution >= 0.6 is 11.8 Å². The van der Waals surface area contributed by atoms with Gasteiger partial charge in [-0.1, -0.05) is 23.4 Å². The molecule has 6 nitrogen and oxygen atoms in total. The SMILES string of the molecule is Cc1cc(=O)c(C(=O)N(C)Cc2ccon2)c2n1-c1ccccc1S[C@H](c1ccc(F)cc1F)C2. The van der Waals surface area contributed by atoms with Crippen LogP contribution in [-0.2, 0) is 13.0 Å². The molecule has 0 saturated carbocycles. The fourth-order valence-corrected chi connectivity index (χ4v) is 5.73. The summed E-state index contributed by atoms with van der Waals surface area (Å²) >= 11 is 1.42. The zero-order chi connectivity index (χ0) is 24.7. The summed E-state index contributed by atoms with van der Waals surface area (Å²) in [4.78, 5) is 29.1. The lowest BCUT2D eigenvalue weighted by Crippen LogP contribution is -2.34. The minimum absolute atomic E-state index is 0.0198. The number of aryl methyl sites for hydroxylation is 1. The largest absolute Gasteiger partial charge is 0.364 e. The highest BCUT2D eigenvalue weighted by molar-refractivity contribution is 7.99. The van der Waals surface area contributed by atoms with Gasteiger partial charge in [0.15, 0.2) is 5.43 Å². The van der Waals surface area contributed by atoms with Crippen molar-refractivity contribution in [2.75, 3.05) is 7.05 Å². The molecule has 35 heavy (non-hydrogen) atoms. The smallest absolute Gasteiger partial charge is 0.259 e. The summed E-state index contributed by atoms with van der Waals surface area (Å²) in [6.45, 7) is 1.96. The van der Waals surface area contributed by atoms with Crippen LogP contribution in [-0.4, -0.2) is 27.6 Å². The minimum Gasteiger partial charge on any atom is -0.364 e. The highest BCUT2D eigenvalue weighted by Crippen LogP contribution is 2.45. The fraction of sp³-hybridized carbons (Fsp3) is 0.192. The Labute approximate surface area is 204 Å². The van der Waals surface area contributed by atoms with E-state index in [0.717, 1.165) is 16.6 Å². The van der Waals surface area contributed by atoms with E-state index in [0.29, 0.717) is 22.6 Å². The summed E-state index contributed by atoms with van der Waals surface area (Å²) in [5, 5.41) is 3.35. The number of amides is 1. The maximum Gasteiger partial charge on any atom is 0.259 e. The van der Waals surface area contributed by atoms with Gasteiger partial charge in [0.25, 0.3) is 5.91 Å². The van der Waals surface area contributed by atoms with E-state index in [2.05, 4.69) is 5.16 Å². The molecular weight excluding hydrogens is 472 g/mol. The molecule has 0 bridgehead atoms. The number of thioether (sulfide) groups is 1. The van der Waals surface area contributed by atoms with Crippen molar-refractivity contribution < 1.29 is 18.1 Å².